The lowest BCUT2D eigenvalue weighted by atomic mass is 10.1. The first kappa shape index (κ1) is 26.7. The van der Waals surface area contributed by atoms with Crippen LogP contribution in [0.1, 0.15) is 23.1 Å². The second-order valence-electron chi connectivity index (χ2n) is 8.17. The molecule has 0 N–H and O–H groups in total. The van der Waals surface area contributed by atoms with Crippen molar-refractivity contribution in [3.63, 3.8) is 0 Å². The zero-order chi connectivity index (χ0) is 26.4. The molecule has 10 heteroatoms. The van der Waals surface area contributed by atoms with E-state index in [1.807, 2.05) is 36.4 Å². The van der Waals surface area contributed by atoms with Gasteiger partial charge in [-0.15, -0.1) is 0 Å². The Labute approximate surface area is 231 Å². The molecule has 0 unspecified atom stereocenters. The average molecular weight is 630 g/mol. The summed E-state index contributed by atoms with van der Waals surface area (Å²) in [6.07, 6.45) is 3.16. The third kappa shape index (κ3) is 6.69. The average Bonchev–Trinajstić information content (AvgIpc) is 3.15. The van der Waals surface area contributed by atoms with E-state index in [2.05, 4.69) is 22.6 Å². The lowest BCUT2D eigenvalue weighted by molar-refractivity contribution is -0.384. The van der Waals surface area contributed by atoms with Gasteiger partial charge in [0.2, 0.25) is 0 Å². The Hall–Kier alpha value is -3.38. The molecule has 2 amide bonds. The molecule has 0 spiro atoms. The minimum absolute atomic E-state index is 0.00729. The summed E-state index contributed by atoms with van der Waals surface area (Å²) in [6, 6.07) is 19.8. The number of hydrogen-bond acceptors (Lipinski definition) is 7. The Morgan fingerprint density at radius 2 is 1.81 bits per heavy atom. The van der Waals surface area contributed by atoms with Crippen LogP contribution in [0.2, 0.25) is 0 Å². The molecule has 0 atom stereocenters. The van der Waals surface area contributed by atoms with Crippen LogP contribution >= 0.6 is 34.4 Å². The van der Waals surface area contributed by atoms with Crippen LogP contribution in [-0.2, 0) is 17.8 Å². The lowest BCUT2D eigenvalue weighted by Gasteiger charge is -2.14. The number of ether oxygens (including phenoxy) is 2. The number of thioether (sulfide) groups is 1. The highest BCUT2D eigenvalue weighted by Crippen LogP contribution is 2.38. The highest BCUT2D eigenvalue weighted by molar-refractivity contribution is 14.1. The van der Waals surface area contributed by atoms with Crippen LogP contribution in [0.15, 0.2) is 71.6 Å². The van der Waals surface area contributed by atoms with Crippen molar-refractivity contribution in [3.05, 3.63) is 102 Å². The molecule has 0 aliphatic carbocycles. The van der Waals surface area contributed by atoms with E-state index in [1.54, 1.807) is 24.3 Å². The minimum Gasteiger partial charge on any atom is -0.493 e. The highest BCUT2D eigenvalue weighted by Gasteiger charge is 2.34. The monoisotopic (exact) mass is 630 g/mol. The molecule has 3 aromatic rings. The predicted octanol–water partition coefficient (Wildman–Crippen LogP) is 6.46. The maximum absolute atomic E-state index is 12.9. The molecule has 37 heavy (non-hydrogen) atoms. The molecule has 0 aromatic heterocycles. The highest BCUT2D eigenvalue weighted by atomic mass is 127. The Kier molecular flexibility index (Phi) is 8.82. The number of halogens is 1. The molecule has 8 nitrogen and oxygen atoms in total. The fraction of sp³-hybridized carbons (Fsp3) is 0.185. The SMILES string of the molecule is COc1cc(/C=C2/SC(=O)N(CCCc3ccccc3)C2=O)cc(I)c1OCc1cccc([N+](=O)[O-])c1. The normalized spacial score (nSPS) is 14.3. The Morgan fingerprint density at radius 3 is 2.54 bits per heavy atom. The second kappa shape index (κ2) is 12.2. The Morgan fingerprint density at radius 1 is 1.05 bits per heavy atom. The summed E-state index contributed by atoms with van der Waals surface area (Å²) in [5.41, 5.74) is 2.50. The van der Waals surface area contributed by atoms with Crippen molar-refractivity contribution in [3.8, 4) is 11.5 Å². The van der Waals surface area contributed by atoms with Crippen molar-refractivity contribution in [2.75, 3.05) is 13.7 Å². The molecule has 0 bridgehead atoms. The van der Waals surface area contributed by atoms with E-state index in [0.29, 0.717) is 40.5 Å². The van der Waals surface area contributed by atoms with Gasteiger partial charge in [-0.05, 0) is 82.1 Å². The molecular formula is C27H23IN2O6S. The van der Waals surface area contributed by atoms with Gasteiger partial charge in [0, 0.05) is 18.7 Å². The topological polar surface area (TPSA) is 99.0 Å². The molecule has 0 saturated carbocycles. The molecule has 1 aliphatic rings. The summed E-state index contributed by atoms with van der Waals surface area (Å²) >= 11 is 3.03. The summed E-state index contributed by atoms with van der Waals surface area (Å²) in [5, 5.41) is 10.7. The van der Waals surface area contributed by atoms with Crippen LogP contribution in [0.3, 0.4) is 0 Å². The van der Waals surface area contributed by atoms with E-state index in [4.69, 9.17) is 9.47 Å². The first-order valence-corrected chi connectivity index (χ1v) is 13.3. The summed E-state index contributed by atoms with van der Waals surface area (Å²) in [6.45, 7) is 0.484. The van der Waals surface area contributed by atoms with E-state index >= 15 is 0 Å². The number of imide groups is 1. The van der Waals surface area contributed by atoms with Crippen molar-refractivity contribution in [1.82, 2.24) is 4.90 Å². The summed E-state index contributed by atoms with van der Waals surface area (Å²) in [7, 11) is 1.51. The number of rotatable bonds is 10. The Balaban J connectivity index is 1.45. The molecule has 0 radical (unpaired) electrons. The molecule has 190 valence electrons. The first-order chi connectivity index (χ1) is 17.9. The fourth-order valence-corrected chi connectivity index (χ4v) is 5.45. The summed E-state index contributed by atoms with van der Waals surface area (Å²) in [5.74, 6) is 0.634. The maximum atomic E-state index is 12.9. The third-order valence-electron chi connectivity index (χ3n) is 5.62. The number of carbonyl (C=O) groups is 2. The van der Waals surface area contributed by atoms with Crippen LogP contribution in [0.25, 0.3) is 6.08 Å². The zero-order valence-electron chi connectivity index (χ0n) is 19.9. The van der Waals surface area contributed by atoms with Crippen LogP contribution in [0, 0.1) is 13.7 Å². The van der Waals surface area contributed by atoms with Gasteiger partial charge in [-0.25, -0.2) is 0 Å². The number of nitro benzene ring substituents is 1. The van der Waals surface area contributed by atoms with E-state index < -0.39 is 4.92 Å². The van der Waals surface area contributed by atoms with Gasteiger partial charge < -0.3 is 9.47 Å². The van der Waals surface area contributed by atoms with Gasteiger partial charge in [-0.2, -0.15) is 0 Å². The number of nitro groups is 1. The molecule has 1 fully saturated rings. The molecule has 1 heterocycles. The number of methoxy groups -OCH3 is 1. The molecule has 3 aromatic carbocycles. The number of non-ortho nitro benzene ring substituents is 1. The standard InChI is InChI=1S/C27H23IN2O6S/c1-35-23-15-20(14-22(28)25(23)36-17-19-9-5-11-21(13-19)30(33)34)16-24-26(31)29(27(32)37-24)12-6-10-18-7-3-2-4-8-18/h2-5,7-9,11,13-16H,6,10,12,17H2,1H3/b24-16+. The van der Waals surface area contributed by atoms with Crippen LogP contribution in [-0.4, -0.2) is 34.6 Å². The van der Waals surface area contributed by atoms with Gasteiger partial charge in [-0.3, -0.25) is 24.6 Å². The predicted molar refractivity (Wildman–Crippen MR) is 151 cm³/mol. The van der Waals surface area contributed by atoms with Gasteiger partial charge >= 0.3 is 0 Å². The third-order valence-corrected chi connectivity index (χ3v) is 7.33. The first-order valence-electron chi connectivity index (χ1n) is 11.4. The van der Waals surface area contributed by atoms with Crippen LogP contribution in [0.4, 0.5) is 10.5 Å². The van der Waals surface area contributed by atoms with Crippen molar-refractivity contribution >= 4 is 57.3 Å². The number of amides is 2. The van der Waals surface area contributed by atoms with Crippen molar-refractivity contribution in [2.24, 2.45) is 0 Å². The number of benzene rings is 3. The van der Waals surface area contributed by atoms with Gasteiger partial charge in [0.25, 0.3) is 16.8 Å². The number of aryl methyl sites for hydroxylation is 1. The second-order valence-corrected chi connectivity index (χ2v) is 10.3. The Bertz CT molecular complexity index is 1360. The van der Waals surface area contributed by atoms with Crippen LogP contribution < -0.4 is 9.47 Å². The van der Waals surface area contributed by atoms with Gasteiger partial charge in [0.15, 0.2) is 11.5 Å². The summed E-state index contributed by atoms with van der Waals surface area (Å²) < 4.78 is 12.2. The quantitative estimate of drug-likeness (QED) is 0.110. The molecule has 4 rings (SSSR count). The van der Waals surface area contributed by atoms with Crippen LogP contribution in [0.5, 0.6) is 11.5 Å². The zero-order valence-corrected chi connectivity index (χ0v) is 22.9. The molecular weight excluding hydrogens is 607 g/mol. The van der Waals surface area contributed by atoms with Crippen molar-refractivity contribution in [2.45, 2.75) is 19.4 Å². The molecule has 1 aliphatic heterocycles. The number of carbonyl (C=O) groups excluding carboxylic acids is 2. The molecule has 1 saturated heterocycles. The van der Waals surface area contributed by atoms with E-state index in [1.165, 1.54) is 29.7 Å². The summed E-state index contributed by atoms with van der Waals surface area (Å²) in [4.78, 5) is 37.6. The van der Waals surface area contributed by atoms with Crippen molar-refractivity contribution < 1.29 is 24.0 Å². The lowest BCUT2D eigenvalue weighted by Crippen LogP contribution is -2.29. The number of nitrogens with zero attached hydrogens (tertiary/aromatic N) is 2. The smallest absolute Gasteiger partial charge is 0.293 e. The van der Waals surface area contributed by atoms with E-state index in [9.17, 15) is 19.7 Å². The van der Waals surface area contributed by atoms with E-state index in [0.717, 1.165) is 21.8 Å². The number of hydrogen-bond donors (Lipinski definition) is 0. The fourth-order valence-electron chi connectivity index (χ4n) is 3.81. The van der Waals surface area contributed by atoms with Gasteiger partial charge in [0.05, 0.1) is 20.5 Å². The minimum atomic E-state index is -0.451. The van der Waals surface area contributed by atoms with E-state index in [-0.39, 0.29) is 23.4 Å². The maximum Gasteiger partial charge on any atom is 0.293 e. The van der Waals surface area contributed by atoms with Gasteiger partial charge in [0.1, 0.15) is 6.61 Å². The van der Waals surface area contributed by atoms with Crippen molar-refractivity contribution in [1.29, 1.82) is 0 Å². The van der Waals surface area contributed by atoms with Gasteiger partial charge in [-0.1, -0.05) is 42.5 Å². The largest absolute Gasteiger partial charge is 0.493 e.